The van der Waals surface area contributed by atoms with Crippen LogP contribution in [0.25, 0.3) is 6.08 Å². The summed E-state index contributed by atoms with van der Waals surface area (Å²) in [5, 5.41) is 8.63. The maximum absolute atomic E-state index is 10.5. The van der Waals surface area contributed by atoms with Gasteiger partial charge in [0.1, 0.15) is 0 Å². The molecule has 1 aliphatic rings. The van der Waals surface area contributed by atoms with E-state index in [1.165, 1.54) is 5.56 Å². The van der Waals surface area contributed by atoms with Crippen molar-refractivity contribution >= 4 is 12.0 Å². The number of nitrogens with zero attached hydrogens (tertiary/aromatic N) is 2. The zero-order valence-electron chi connectivity index (χ0n) is 10.1. The van der Waals surface area contributed by atoms with Gasteiger partial charge in [-0.2, -0.15) is 0 Å². The van der Waals surface area contributed by atoms with E-state index in [1.807, 2.05) is 13.0 Å². The largest absolute Gasteiger partial charge is 0.478 e. The number of fused-ring (bicyclic) bond motifs is 1. The number of carbonyl (C=O) groups is 1. The van der Waals surface area contributed by atoms with Crippen molar-refractivity contribution in [2.75, 3.05) is 13.6 Å². The molecular weight excluding hydrogens is 216 g/mol. The Balaban J connectivity index is 2.35. The topological polar surface area (TPSA) is 53.4 Å². The van der Waals surface area contributed by atoms with Crippen LogP contribution in [0.2, 0.25) is 0 Å². The fraction of sp³-hybridized carbons (Fsp3) is 0.385. The quantitative estimate of drug-likeness (QED) is 0.785. The van der Waals surface area contributed by atoms with Crippen LogP contribution in [0.15, 0.2) is 12.1 Å². The van der Waals surface area contributed by atoms with Crippen LogP contribution in [0.1, 0.15) is 22.5 Å². The fourth-order valence-corrected chi connectivity index (χ4v) is 2.06. The normalized spacial score (nSPS) is 16.1. The first-order valence-corrected chi connectivity index (χ1v) is 5.65. The van der Waals surface area contributed by atoms with Crippen LogP contribution < -0.4 is 0 Å². The Kier molecular flexibility index (Phi) is 3.24. The molecule has 0 radical (unpaired) electrons. The third-order valence-corrected chi connectivity index (χ3v) is 3.00. The first-order valence-electron chi connectivity index (χ1n) is 5.65. The first kappa shape index (κ1) is 11.8. The second-order valence-corrected chi connectivity index (χ2v) is 4.43. The second kappa shape index (κ2) is 4.67. The predicted molar refractivity (Wildman–Crippen MR) is 65.7 cm³/mol. The maximum atomic E-state index is 10.5. The summed E-state index contributed by atoms with van der Waals surface area (Å²) in [4.78, 5) is 17.3. The van der Waals surface area contributed by atoms with Crippen LogP contribution in [-0.2, 0) is 17.8 Å². The van der Waals surface area contributed by atoms with Gasteiger partial charge in [0.05, 0.1) is 0 Å². The lowest BCUT2D eigenvalue weighted by Gasteiger charge is -2.24. The molecule has 0 bridgehead atoms. The molecule has 1 N–H and O–H groups in total. The molecule has 0 amide bonds. The number of aromatic nitrogens is 1. The van der Waals surface area contributed by atoms with Gasteiger partial charge in [0.25, 0.3) is 0 Å². The molecule has 0 aliphatic carbocycles. The monoisotopic (exact) mass is 232 g/mol. The van der Waals surface area contributed by atoms with Gasteiger partial charge < -0.3 is 10.0 Å². The SMILES string of the molecule is Cc1nc2c(cc1/C=C/C(=O)O)CN(C)CC2. The van der Waals surface area contributed by atoms with Crippen LogP contribution in [0.4, 0.5) is 0 Å². The molecule has 0 spiro atoms. The minimum Gasteiger partial charge on any atom is -0.478 e. The molecule has 0 unspecified atom stereocenters. The van der Waals surface area contributed by atoms with E-state index in [9.17, 15) is 4.79 Å². The maximum Gasteiger partial charge on any atom is 0.328 e. The van der Waals surface area contributed by atoms with Gasteiger partial charge in [0, 0.05) is 37.0 Å². The number of carboxylic acid groups (broad SMARTS) is 1. The molecule has 0 aromatic carbocycles. The highest BCUT2D eigenvalue weighted by Gasteiger charge is 2.15. The third kappa shape index (κ3) is 2.71. The summed E-state index contributed by atoms with van der Waals surface area (Å²) < 4.78 is 0. The summed E-state index contributed by atoms with van der Waals surface area (Å²) in [6.07, 6.45) is 3.73. The molecule has 2 heterocycles. The Morgan fingerprint density at radius 2 is 2.35 bits per heavy atom. The van der Waals surface area contributed by atoms with Crippen molar-refractivity contribution in [3.05, 3.63) is 34.7 Å². The van der Waals surface area contributed by atoms with Gasteiger partial charge >= 0.3 is 5.97 Å². The highest BCUT2D eigenvalue weighted by Crippen LogP contribution is 2.20. The van der Waals surface area contributed by atoms with E-state index in [2.05, 4.69) is 16.9 Å². The second-order valence-electron chi connectivity index (χ2n) is 4.43. The zero-order chi connectivity index (χ0) is 12.4. The van der Waals surface area contributed by atoms with Crippen molar-refractivity contribution in [2.24, 2.45) is 0 Å². The Labute approximate surface area is 101 Å². The molecule has 4 nitrogen and oxygen atoms in total. The van der Waals surface area contributed by atoms with Crippen molar-refractivity contribution in [2.45, 2.75) is 19.9 Å². The number of pyridine rings is 1. The van der Waals surface area contributed by atoms with Crippen molar-refractivity contribution in [3.63, 3.8) is 0 Å². The Morgan fingerprint density at radius 1 is 1.59 bits per heavy atom. The summed E-state index contributed by atoms with van der Waals surface area (Å²) in [5.74, 6) is -0.931. The average molecular weight is 232 g/mol. The molecule has 2 rings (SSSR count). The summed E-state index contributed by atoms with van der Waals surface area (Å²) in [6.45, 7) is 3.83. The van der Waals surface area contributed by atoms with Gasteiger partial charge in [-0.3, -0.25) is 4.98 Å². The summed E-state index contributed by atoms with van der Waals surface area (Å²) in [7, 11) is 2.08. The molecule has 1 aromatic heterocycles. The van der Waals surface area contributed by atoms with E-state index in [4.69, 9.17) is 5.11 Å². The lowest BCUT2D eigenvalue weighted by molar-refractivity contribution is -0.131. The number of aliphatic carboxylic acids is 1. The predicted octanol–water partition coefficient (Wildman–Crippen LogP) is 1.48. The Morgan fingerprint density at radius 3 is 3.06 bits per heavy atom. The highest BCUT2D eigenvalue weighted by molar-refractivity contribution is 5.85. The molecule has 90 valence electrons. The van der Waals surface area contributed by atoms with Crippen LogP contribution in [0, 0.1) is 6.92 Å². The number of hydrogen-bond donors (Lipinski definition) is 1. The summed E-state index contributed by atoms with van der Waals surface area (Å²) >= 11 is 0. The molecule has 1 aromatic rings. The minimum absolute atomic E-state index is 0.885. The molecule has 4 heteroatoms. The van der Waals surface area contributed by atoms with Crippen molar-refractivity contribution < 1.29 is 9.90 Å². The van der Waals surface area contributed by atoms with Gasteiger partial charge in [0.15, 0.2) is 0 Å². The fourth-order valence-electron chi connectivity index (χ4n) is 2.06. The van der Waals surface area contributed by atoms with Gasteiger partial charge in [0.2, 0.25) is 0 Å². The summed E-state index contributed by atoms with van der Waals surface area (Å²) in [6, 6.07) is 2.05. The number of carboxylic acids is 1. The minimum atomic E-state index is -0.931. The molecule has 0 fully saturated rings. The van der Waals surface area contributed by atoms with Crippen LogP contribution in [-0.4, -0.2) is 34.6 Å². The smallest absolute Gasteiger partial charge is 0.328 e. The van der Waals surface area contributed by atoms with E-state index in [0.29, 0.717) is 0 Å². The number of hydrogen-bond acceptors (Lipinski definition) is 3. The van der Waals surface area contributed by atoms with E-state index in [1.54, 1.807) is 6.08 Å². The Bertz CT molecular complexity index is 481. The van der Waals surface area contributed by atoms with Crippen LogP contribution in [0.3, 0.4) is 0 Å². The van der Waals surface area contributed by atoms with E-state index in [0.717, 1.165) is 42.5 Å². The zero-order valence-corrected chi connectivity index (χ0v) is 10.1. The molecule has 0 saturated carbocycles. The lowest BCUT2D eigenvalue weighted by atomic mass is 10.0. The lowest BCUT2D eigenvalue weighted by Crippen LogP contribution is -2.27. The van der Waals surface area contributed by atoms with E-state index in [-0.39, 0.29) is 0 Å². The standard InChI is InChI=1S/C13H16N2O2/c1-9-10(3-4-13(16)17)7-11-8-15(2)6-5-12(11)14-9/h3-4,7H,5-6,8H2,1-2H3,(H,16,17)/b4-3+. The van der Waals surface area contributed by atoms with Gasteiger partial charge in [-0.1, -0.05) is 0 Å². The highest BCUT2D eigenvalue weighted by atomic mass is 16.4. The van der Waals surface area contributed by atoms with Crippen molar-refractivity contribution in [3.8, 4) is 0 Å². The van der Waals surface area contributed by atoms with Crippen LogP contribution >= 0.6 is 0 Å². The average Bonchev–Trinajstić information content (AvgIpc) is 2.26. The van der Waals surface area contributed by atoms with Crippen LogP contribution in [0.5, 0.6) is 0 Å². The molecule has 0 atom stereocenters. The molecule has 0 saturated heterocycles. The first-order chi connectivity index (χ1) is 8.06. The summed E-state index contributed by atoms with van der Waals surface area (Å²) in [5.41, 5.74) is 4.13. The number of aryl methyl sites for hydroxylation is 1. The molecular formula is C13H16N2O2. The number of likely N-dealkylation sites (N-methyl/N-ethyl adjacent to an activating group) is 1. The molecule has 17 heavy (non-hydrogen) atoms. The van der Waals surface area contributed by atoms with Crippen molar-refractivity contribution in [1.82, 2.24) is 9.88 Å². The Hall–Kier alpha value is -1.68. The third-order valence-electron chi connectivity index (χ3n) is 3.00. The number of rotatable bonds is 2. The molecule has 1 aliphatic heterocycles. The van der Waals surface area contributed by atoms with Gasteiger partial charge in [-0.25, -0.2) is 4.79 Å². The van der Waals surface area contributed by atoms with E-state index < -0.39 is 5.97 Å². The van der Waals surface area contributed by atoms with E-state index >= 15 is 0 Å². The van der Waals surface area contributed by atoms with Gasteiger partial charge in [-0.05, 0) is 37.2 Å². The van der Waals surface area contributed by atoms with Gasteiger partial charge in [-0.15, -0.1) is 0 Å². The van der Waals surface area contributed by atoms with Crippen molar-refractivity contribution in [1.29, 1.82) is 0 Å².